The molecule has 6 nitrogen and oxygen atoms in total. The lowest BCUT2D eigenvalue weighted by atomic mass is 10.2. The zero-order valence-electron chi connectivity index (χ0n) is 14.1. The van der Waals surface area contributed by atoms with Crippen molar-refractivity contribution in [3.8, 4) is 11.6 Å². The monoisotopic (exact) mass is 329 g/mol. The largest absolute Gasteiger partial charge is 0.438 e. The molecule has 1 aromatic carbocycles. The van der Waals surface area contributed by atoms with Gasteiger partial charge in [-0.05, 0) is 24.1 Å². The summed E-state index contributed by atoms with van der Waals surface area (Å²) in [5.74, 6) is 1.25. The zero-order chi connectivity index (χ0) is 16.8. The van der Waals surface area contributed by atoms with E-state index in [1.807, 2.05) is 12.1 Å². The minimum atomic E-state index is 0.282. The number of hydrogen-bond acceptors (Lipinski definition) is 6. The van der Waals surface area contributed by atoms with Crippen molar-refractivity contribution in [2.24, 2.45) is 0 Å². The van der Waals surface area contributed by atoms with E-state index in [1.165, 1.54) is 5.56 Å². The number of nitrogens with zero attached hydrogens (tertiary/aromatic N) is 3. The minimum absolute atomic E-state index is 0.282. The van der Waals surface area contributed by atoms with Crippen LogP contribution in [0.4, 0.5) is 0 Å². The number of hydrogen-bond donors (Lipinski definition) is 0. The van der Waals surface area contributed by atoms with Gasteiger partial charge in [-0.2, -0.15) is 0 Å². The van der Waals surface area contributed by atoms with Crippen LogP contribution in [0, 0.1) is 0 Å². The van der Waals surface area contributed by atoms with Gasteiger partial charge in [-0.1, -0.05) is 12.1 Å². The Labute approximate surface area is 142 Å². The van der Waals surface area contributed by atoms with Crippen LogP contribution in [0.2, 0.25) is 0 Å². The fourth-order valence-corrected chi connectivity index (χ4v) is 3.02. The molecular weight excluding hydrogens is 306 g/mol. The first-order chi connectivity index (χ1) is 11.8. The minimum Gasteiger partial charge on any atom is -0.438 e. The van der Waals surface area contributed by atoms with Gasteiger partial charge in [0.15, 0.2) is 0 Å². The second kappa shape index (κ2) is 8.19. The van der Waals surface area contributed by atoms with Crippen molar-refractivity contribution in [2.45, 2.75) is 25.1 Å². The van der Waals surface area contributed by atoms with Gasteiger partial charge < -0.3 is 14.2 Å². The van der Waals surface area contributed by atoms with E-state index in [0.717, 1.165) is 31.9 Å². The summed E-state index contributed by atoms with van der Waals surface area (Å²) >= 11 is 0. The summed E-state index contributed by atoms with van der Waals surface area (Å²) in [5, 5.41) is 0. The van der Waals surface area contributed by atoms with E-state index in [1.54, 1.807) is 32.8 Å². The SMILES string of the molecule is COC[C@@H]1C[C@H](OC)CN1Cc1ccc(Oc2cnccn2)cc1. The fourth-order valence-electron chi connectivity index (χ4n) is 3.02. The lowest BCUT2D eigenvalue weighted by Gasteiger charge is -2.23. The fraction of sp³-hybridized carbons (Fsp3) is 0.444. The third-order valence-corrected chi connectivity index (χ3v) is 4.25. The molecule has 2 heterocycles. The second-order valence-corrected chi connectivity index (χ2v) is 5.92. The molecular formula is C18H23N3O3. The summed E-state index contributed by atoms with van der Waals surface area (Å²) in [5.41, 5.74) is 1.24. The summed E-state index contributed by atoms with van der Waals surface area (Å²) in [6, 6.07) is 8.47. The number of ether oxygens (including phenoxy) is 3. The summed E-state index contributed by atoms with van der Waals surface area (Å²) in [4.78, 5) is 10.5. The molecule has 3 rings (SSSR count). The highest BCUT2D eigenvalue weighted by molar-refractivity contribution is 5.30. The molecule has 1 aliphatic heterocycles. The maximum absolute atomic E-state index is 5.67. The van der Waals surface area contributed by atoms with Gasteiger partial charge in [0.05, 0.1) is 18.9 Å². The topological polar surface area (TPSA) is 56.7 Å². The van der Waals surface area contributed by atoms with Gasteiger partial charge in [0.2, 0.25) is 5.88 Å². The highest BCUT2D eigenvalue weighted by Gasteiger charge is 2.31. The van der Waals surface area contributed by atoms with E-state index >= 15 is 0 Å². The lowest BCUT2D eigenvalue weighted by Crippen LogP contribution is -2.32. The van der Waals surface area contributed by atoms with Crippen LogP contribution in [-0.2, 0) is 16.0 Å². The maximum Gasteiger partial charge on any atom is 0.237 e. The molecule has 0 spiro atoms. The molecule has 1 saturated heterocycles. The van der Waals surface area contributed by atoms with Crippen LogP contribution in [0.3, 0.4) is 0 Å². The number of likely N-dealkylation sites (tertiary alicyclic amines) is 1. The van der Waals surface area contributed by atoms with Crippen molar-refractivity contribution in [2.75, 3.05) is 27.4 Å². The van der Waals surface area contributed by atoms with E-state index in [9.17, 15) is 0 Å². The van der Waals surface area contributed by atoms with Gasteiger partial charge in [-0.25, -0.2) is 4.98 Å². The molecule has 1 fully saturated rings. The normalized spacial score (nSPS) is 21.1. The molecule has 0 aliphatic carbocycles. The van der Waals surface area contributed by atoms with Crippen molar-refractivity contribution in [3.05, 3.63) is 48.4 Å². The van der Waals surface area contributed by atoms with Crippen molar-refractivity contribution in [1.29, 1.82) is 0 Å². The van der Waals surface area contributed by atoms with Crippen LogP contribution < -0.4 is 4.74 Å². The third kappa shape index (κ3) is 4.29. The van der Waals surface area contributed by atoms with Crippen LogP contribution in [0.5, 0.6) is 11.6 Å². The van der Waals surface area contributed by atoms with Gasteiger partial charge in [-0.3, -0.25) is 9.88 Å². The van der Waals surface area contributed by atoms with E-state index in [4.69, 9.17) is 14.2 Å². The molecule has 128 valence electrons. The average molecular weight is 329 g/mol. The smallest absolute Gasteiger partial charge is 0.237 e. The van der Waals surface area contributed by atoms with Crippen LogP contribution >= 0.6 is 0 Å². The Balaban J connectivity index is 1.61. The van der Waals surface area contributed by atoms with Crippen molar-refractivity contribution >= 4 is 0 Å². The van der Waals surface area contributed by atoms with Gasteiger partial charge >= 0.3 is 0 Å². The van der Waals surface area contributed by atoms with E-state index in [2.05, 4.69) is 27.0 Å². The predicted octanol–water partition coefficient (Wildman–Crippen LogP) is 2.50. The molecule has 6 heteroatoms. The van der Waals surface area contributed by atoms with Crippen LogP contribution in [-0.4, -0.2) is 54.4 Å². The Bertz CT molecular complexity index is 621. The Morgan fingerprint density at radius 2 is 2.00 bits per heavy atom. The molecule has 0 amide bonds. The van der Waals surface area contributed by atoms with E-state index in [-0.39, 0.29) is 6.10 Å². The molecule has 0 radical (unpaired) electrons. The highest BCUT2D eigenvalue weighted by Crippen LogP contribution is 2.24. The molecule has 0 N–H and O–H groups in total. The zero-order valence-corrected chi connectivity index (χ0v) is 14.1. The van der Waals surface area contributed by atoms with Crippen LogP contribution in [0.1, 0.15) is 12.0 Å². The summed E-state index contributed by atoms with van der Waals surface area (Å²) < 4.78 is 16.5. The molecule has 0 unspecified atom stereocenters. The molecule has 2 aromatic rings. The molecule has 0 bridgehead atoms. The van der Waals surface area contributed by atoms with E-state index in [0.29, 0.717) is 11.9 Å². The first-order valence-electron chi connectivity index (χ1n) is 8.07. The molecule has 1 aromatic heterocycles. The number of methoxy groups -OCH3 is 2. The van der Waals surface area contributed by atoms with Gasteiger partial charge in [0.25, 0.3) is 0 Å². The molecule has 2 atom stereocenters. The summed E-state index contributed by atoms with van der Waals surface area (Å²) in [7, 11) is 3.52. The quantitative estimate of drug-likeness (QED) is 0.778. The average Bonchev–Trinajstić information content (AvgIpc) is 3.00. The van der Waals surface area contributed by atoms with Gasteiger partial charge in [0, 0.05) is 45.7 Å². The van der Waals surface area contributed by atoms with Crippen LogP contribution in [0.25, 0.3) is 0 Å². The van der Waals surface area contributed by atoms with Crippen molar-refractivity contribution in [1.82, 2.24) is 14.9 Å². The Morgan fingerprint density at radius 3 is 2.67 bits per heavy atom. The Hall–Kier alpha value is -2.02. The van der Waals surface area contributed by atoms with Gasteiger partial charge in [-0.15, -0.1) is 0 Å². The van der Waals surface area contributed by atoms with Crippen molar-refractivity contribution < 1.29 is 14.2 Å². The summed E-state index contributed by atoms with van der Waals surface area (Å²) in [6.45, 7) is 2.54. The highest BCUT2D eigenvalue weighted by atomic mass is 16.5. The predicted molar refractivity (Wildman–Crippen MR) is 90.0 cm³/mol. The second-order valence-electron chi connectivity index (χ2n) is 5.92. The van der Waals surface area contributed by atoms with Crippen molar-refractivity contribution in [3.63, 3.8) is 0 Å². The Morgan fingerprint density at radius 1 is 1.17 bits per heavy atom. The molecule has 0 saturated carbocycles. The standard InChI is InChI=1S/C18H23N3O3/c1-22-13-15-9-17(23-2)12-21(15)11-14-3-5-16(6-4-14)24-18-10-19-7-8-20-18/h3-8,10,15,17H,9,11-13H2,1-2H3/t15-,17-/m0/s1. The number of benzene rings is 1. The molecule has 1 aliphatic rings. The van der Waals surface area contributed by atoms with Gasteiger partial charge in [0.1, 0.15) is 5.75 Å². The Kier molecular flexibility index (Phi) is 5.74. The van der Waals surface area contributed by atoms with E-state index < -0.39 is 0 Å². The first-order valence-corrected chi connectivity index (χ1v) is 8.07. The number of rotatable bonds is 7. The third-order valence-electron chi connectivity index (χ3n) is 4.25. The molecule has 24 heavy (non-hydrogen) atoms. The first kappa shape index (κ1) is 16.8. The number of aromatic nitrogens is 2. The summed E-state index contributed by atoms with van der Waals surface area (Å²) in [6.07, 6.45) is 6.12. The maximum atomic E-state index is 5.67. The lowest BCUT2D eigenvalue weighted by molar-refractivity contribution is 0.106. The van der Waals surface area contributed by atoms with Crippen LogP contribution in [0.15, 0.2) is 42.9 Å².